The van der Waals surface area contributed by atoms with Crippen LogP contribution in [0.25, 0.3) is 0 Å². The fourth-order valence-electron chi connectivity index (χ4n) is 1.50. The highest BCUT2D eigenvalue weighted by atomic mass is 16.3. The zero-order valence-electron chi connectivity index (χ0n) is 8.11. The number of hydrogen-bond donors (Lipinski definition) is 1. The Morgan fingerprint density at radius 1 is 1.29 bits per heavy atom. The third-order valence-electron chi connectivity index (χ3n) is 2.33. The van der Waals surface area contributed by atoms with Crippen molar-refractivity contribution in [3.63, 3.8) is 0 Å². The summed E-state index contributed by atoms with van der Waals surface area (Å²) < 4.78 is 0. The summed E-state index contributed by atoms with van der Waals surface area (Å²) in [4.78, 5) is 0. The normalized spacial score (nSPS) is 31.6. The molecule has 0 aromatic heterocycles. The van der Waals surface area contributed by atoms with E-state index in [2.05, 4.69) is 20.7 Å². The van der Waals surface area contributed by atoms with E-state index in [4.69, 9.17) is 5.11 Å². The summed E-state index contributed by atoms with van der Waals surface area (Å²) in [6, 6.07) is -0.0245. The summed E-state index contributed by atoms with van der Waals surface area (Å²) >= 11 is 0. The van der Waals surface area contributed by atoms with Gasteiger partial charge in [-0.3, -0.25) is 5.01 Å². The Morgan fingerprint density at radius 2 is 2.14 bits per heavy atom. The predicted molar refractivity (Wildman–Crippen MR) is 48.1 cm³/mol. The number of hydrogen-bond acceptors (Lipinski definition) is 7. The molecule has 2 heterocycles. The van der Waals surface area contributed by atoms with E-state index < -0.39 is 0 Å². The largest absolute Gasteiger partial charge is 0.394 e. The van der Waals surface area contributed by atoms with Gasteiger partial charge in [-0.25, -0.2) is 5.01 Å². The smallest absolute Gasteiger partial charge is 0.161 e. The third kappa shape index (κ3) is 1.82. The minimum absolute atomic E-state index is 0.00787. The molecule has 2 aliphatic heterocycles. The zero-order valence-corrected chi connectivity index (χ0v) is 8.11. The van der Waals surface area contributed by atoms with E-state index in [1.54, 1.807) is 10.0 Å². The van der Waals surface area contributed by atoms with Gasteiger partial charge in [0.05, 0.1) is 12.6 Å². The van der Waals surface area contributed by atoms with Gasteiger partial charge in [0.25, 0.3) is 0 Å². The molecule has 0 fully saturated rings. The van der Waals surface area contributed by atoms with Crippen molar-refractivity contribution >= 4 is 0 Å². The van der Waals surface area contributed by atoms with E-state index in [1.165, 1.54) is 0 Å². The molecule has 78 valence electrons. The molecule has 2 aliphatic rings. The van der Waals surface area contributed by atoms with E-state index in [-0.39, 0.29) is 18.8 Å². The molecule has 2 atom stereocenters. The molecular formula is C7H14N6O. The van der Waals surface area contributed by atoms with Gasteiger partial charge < -0.3 is 5.11 Å². The van der Waals surface area contributed by atoms with Crippen LogP contribution in [0.1, 0.15) is 12.8 Å². The lowest BCUT2D eigenvalue weighted by Gasteiger charge is -2.25. The molecule has 0 aromatic rings. The molecule has 0 aromatic carbocycles. The molecule has 0 saturated carbocycles. The molecule has 0 spiro atoms. The first-order valence-electron chi connectivity index (χ1n) is 4.70. The van der Waals surface area contributed by atoms with E-state index in [0.717, 1.165) is 12.8 Å². The van der Waals surface area contributed by atoms with Crippen LogP contribution in [0, 0.1) is 0 Å². The van der Waals surface area contributed by atoms with E-state index in [9.17, 15) is 0 Å². The summed E-state index contributed by atoms with van der Waals surface area (Å²) in [6.45, 7) is 0.741. The molecule has 1 N–H and O–H groups in total. The average molecular weight is 198 g/mol. The highest BCUT2D eigenvalue weighted by Crippen LogP contribution is 2.21. The van der Waals surface area contributed by atoms with Gasteiger partial charge in [0.2, 0.25) is 0 Å². The molecule has 0 aliphatic carbocycles. The van der Waals surface area contributed by atoms with Crippen molar-refractivity contribution in [3.8, 4) is 0 Å². The number of aliphatic hydroxyl groups excluding tert-OH is 1. The molecule has 7 nitrogen and oxygen atoms in total. The monoisotopic (exact) mass is 198 g/mol. The van der Waals surface area contributed by atoms with Gasteiger partial charge in [-0.05, 0) is 18.1 Å². The fraction of sp³-hybridized carbons (Fsp3) is 1.00. The van der Waals surface area contributed by atoms with Crippen molar-refractivity contribution in [2.45, 2.75) is 25.0 Å². The summed E-state index contributed by atoms with van der Waals surface area (Å²) in [7, 11) is 1.86. The van der Waals surface area contributed by atoms with Crippen LogP contribution in [0.3, 0.4) is 0 Å². The molecule has 0 saturated heterocycles. The molecule has 0 amide bonds. The van der Waals surface area contributed by atoms with E-state index in [1.807, 2.05) is 7.05 Å². The zero-order chi connectivity index (χ0) is 9.97. The summed E-state index contributed by atoms with van der Waals surface area (Å²) in [5, 5.41) is 28.4. The van der Waals surface area contributed by atoms with Gasteiger partial charge in [-0.15, -0.1) is 0 Å². The Balaban J connectivity index is 1.92. The van der Waals surface area contributed by atoms with E-state index in [0.29, 0.717) is 6.67 Å². The van der Waals surface area contributed by atoms with Crippen LogP contribution in [0.5, 0.6) is 0 Å². The Labute approximate surface area is 82.1 Å². The van der Waals surface area contributed by atoms with Crippen LogP contribution in [-0.2, 0) is 0 Å². The second kappa shape index (κ2) is 3.87. The van der Waals surface area contributed by atoms with Gasteiger partial charge in [-0.1, -0.05) is 5.22 Å². The first-order valence-corrected chi connectivity index (χ1v) is 4.70. The molecule has 2 unspecified atom stereocenters. The second-order valence-corrected chi connectivity index (χ2v) is 3.54. The Morgan fingerprint density at radius 3 is 2.64 bits per heavy atom. The lowest BCUT2D eigenvalue weighted by atomic mass is 10.1. The Hall–Kier alpha value is -1.24. The summed E-state index contributed by atoms with van der Waals surface area (Å²) in [5.74, 6) is 0. The summed E-state index contributed by atoms with van der Waals surface area (Å²) in [6.07, 6.45) is 1.73. The Kier molecular flexibility index (Phi) is 2.58. The van der Waals surface area contributed by atoms with Gasteiger partial charge >= 0.3 is 0 Å². The predicted octanol–water partition coefficient (Wildman–Crippen LogP) is 0.407. The SMILES string of the molecule is CN1CN(C2CCC(CO)N=N2)N=N1. The van der Waals surface area contributed by atoms with Crippen molar-refractivity contribution in [3.05, 3.63) is 0 Å². The van der Waals surface area contributed by atoms with Crippen LogP contribution < -0.4 is 0 Å². The van der Waals surface area contributed by atoms with Gasteiger partial charge in [0.1, 0.15) is 6.67 Å². The first kappa shape index (κ1) is 9.32. The number of nitrogens with zero attached hydrogens (tertiary/aromatic N) is 6. The minimum Gasteiger partial charge on any atom is -0.394 e. The van der Waals surface area contributed by atoms with Crippen molar-refractivity contribution in [2.24, 2.45) is 20.7 Å². The van der Waals surface area contributed by atoms with Crippen LogP contribution >= 0.6 is 0 Å². The molecular weight excluding hydrogens is 184 g/mol. The maximum absolute atomic E-state index is 8.87. The van der Waals surface area contributed by atoms with Crippen molar-refractivity contribution in [2.75, 3.05) is 20.3 Å². The fourth-order valence-corrected chi connectivity index (χ4v) is 1.50. The van der Waals surface area contributed by atoms with Gasteiger partial charge in [0.15, 0.2) is 6.17 Å². The van der Waals surface area contributed by atoms with Crippen molar-refractivity contribution in [1.29, 1.82) is 0 Å². The van der Waals surface area contributed by atoms with Crippen molar-refractivity contribution < 1.29 is 5.11 Å². The highest BCUT2D eigenvalue weighted by molar-refractivity contribution is 4.76. The maximum Gasteiger partial charge on any atom is 0.161 e. The Bertz CT molecular complexity index is 255. The van der Waals surface area contributed by atoms with Crippen LogP contribution in [0.2, 0.25) is 0 Å². The van der Waals surface area contributed by atoms with E-state index >= 15 is 0 Å². The second-order valence-electron chi connectivity index (χ2n) is 3.54. The minimum atomic E-state index is -0.0245. The van der Waals surface area contributed by atoms with Crippen LogP contribution in [0.4, 0.5) is 0 Å². The average Bonchev–Trinajstić information content (AvgIpc) is 2.65. The topological polar surface area (TPSA) is 76.2 Å². The first-order chi connectivity index (χ1) is 6.79. The standard InChI is InChI=1S/C7H14N6O/c1-12-5-13(11-10-12)7-3-2-6(4-14)8-9-7/h6-7,14H,2-5H2,1H3. The van der Waals surface area contributed by atoms with Crippen LogP contribution in [-0.4, -0.2) is 47.7 Å². The lowest BCUT2D eigenvalue weighted by molar-refractivity contribution is 0.141. The van der Waals surface area contributed by atoms with Gasteiger partial charge in [-0.2, -0.15) is 10.2 Å². The molecule has 2 rings (SSSR count). The maximum atomic E-state index is 8.87. The number of rotatable bonds is 2. The highest BCUT2D eigenvalue weighted by Gasteiger charge is 2.26. The molecule has 7 heteroatoms. The van der Waals surface area contributed by atoms with Crippen LogP contribution in [0.15, 0.2) is 20.7 Å². The van der Waals surface area contributed by atoms with Gasteiger partial charge in [0, 0.05) is 7.05 Å². The number of aliphatic hydroxyl groups is 1. The molecule has 0 radical (unpaired) electrons. The quantitative estimate of drug-likeness (QED) is 0.698. The lowest BCUT2D eigenvalue weighted by Crippen LogP contribution is -2.34. The molecule has 0 bridgehead atoms. The third-order valence-corrected chi connectivity index (χ3v) is 2.33. The number of azo groups is 1. The molecule has 14 heavy (non-hydrogen) atoms. The van der Waals surface area contributed by atoms with Crippen molar-refractivity contribution in [1.82, 2.24) is 10.0 Å². The summed E-state index contributed by atoms with van der Waals surface area (Å²) in [5.41, 5.74) is 0.